The predicted molar refractivity (Wildman–Crippen MR) is 110 cm³/mol. The lowest BCUT2D eigenvalue weighted by Crippen LogP contribution is -2.29. The molecule has 2 aromatic carbocycles. The molecule has 9 nitrogen and oxygen atoms in total. The lowest BCUT2D eigenvalue weighted by atomic mass is 10.1. The van der Waals surface area contributed by atoms with Crippen molar-refractivity contribution in [3.8, 4) is 0 Å². The minimum absolute atomic E-state index is 0.206. The molecule has 1 N–H and O–H groups in total. The number of hydrogen-bond acceptors (Lipinski definition) is 6. The largest absolute Gasteiger partial charge is 0.308 e. The van der Waals surface area contributed by atoms with Gasteiger partial charge in [-0.15, -0.1) is 0 Å². The number of amides is 1. The summed E-state index contributed by atoms with van der Waals surface area (Å²) in [6.45, 7) is 0.462. The molecule has 1 aliphatic heterocycles. The zero-order valence-corrected chi connectivity index (χ0v) is 16.4. The minimum Gasteiger partial charge on any atom is -0.308 e. The molecule has 3 aromatic rings. The van der Waals surface area contributed by atoms with Crippen molar-refractivity contribution in [2.24, 2.45) is 0 Å². The first kappa shape index (κ1) is 19.5. The van der Waals surface area contributed by atoms with Crippen LogP contribution in [0.2, 0.25) is 0 Å². The molecule has 0 radical (unpaired) electrons. The molecule has 0 unspecified atom stereocenters. The van der Waals surface area contributed by atoms with Crippen molar-refractivity contribution in [2.45, 2.75) is 11.3 Å². The minimum atomic E-state index is -4.20. The van der Waals surface area contributed by atoms with Gasteiger partial charge in [-0.05, 0) is 42.3 Å². The first-order valence-corrected chi connectivity index (χ1v) is 10.5. The highest BCUT2D eigenvalue weighted by Crippen LogP contribution is 2.33. The van der Waals surface area contributed by atoms with E-state index in [-0.39, 0.29) is 11.6 Å². The van der Waals surface area contributed by atoms with Gasteiger partial charge in [-0.25, -0.2) is 8.42 Å². The second-order valence-corrected chi connectivity index (χ2v) is 8.27. The SMILES string of the molecule is O=C(c1cccnc1)N1CCc2ccc(NS(=O)(=O)c3ccccc3[N+](=O)[O-])cc21. The maximum atomic E-state index is 12.8. The lowest BCUT2D eigenvalue weighted by molar-refractivity contribution is -0.387. The predicted octanol–water partition coefficient (Wildman–Crippen LogP) is 2.99. The van der Waals surface area contributed by atoms with E-state index in [0.29, 0.717) is 24.2 Å². The molecule has 2 heterocycles. The molecule has 0 aliphatic carbocycles. The molecule has 1 aromatic heterocycles. The number of benzene rings is 2. The van der Waals surface area contributed by atoms with E-state index >= 15 is 0 Å². The molecular formula is C20H16N4O5S. The number of aromatic nitrogens is 1. The Bertz CT molecular complexity index is 1250. The van der Waals surface area contributed by atoms with Gasteiger partial charge in [0.05, 0.1) is 16.2 Å². The van der Waals surface area contributed by atoms with Crippen molar-refractivity contribution in [3.63, 3.8) is 0 Å². The van der Waals surface area contributed by atoms with E-state index in [2.05, 4.69) is 9.71 Å². The standard InChI is InChI=1S/C20H16N4O5S/c25-20(15-4-3-10-21-13-15)23-11-9-14-7-8-16(12-18(14)23)22-30(28,29)19-6-2-1-5-17(19)24(26)27/h1-8,10,12-13,22H,9,11H2. The monoisotopic (exact) mass is 424 g/mol. The van der Waals surface area contributed by atoms with Crippen LogP contribution in [-0.4, -0.2) is 30.8 Å². The van der Waals surface area contributed by atoms with Crippen molar-refractivity contribution >= 4 is 33.0 Å². The highest BCUT2D eigenvalue weighted by Gasteiger charge is 2.28. The molecule has 0 atom stereocenters. The highest BCUT2D eigenvalue weighted by molar-refractivity contribution is 7.92. The van der Waals surface area contributed by atoms with Gasteiger partial charge in [-0.3, -0.25) is 24.6 Å². The van der Waals surface area contributed by atoms with Crippen LogP contribution in [0.1, 0.15) is 15.9 Å². The van der Waals surface area contributed by atoms with Gasteiger partial charge >= 0.3 is 0 Å². The quantitative estimate of drug-likeness (QED) is 0.496. The maximum absolute atomic E-state index is 12.8. The second-order valence-electron chi connectivity index (χ2n) is 6.62. The van der Waals surface area contributed by atoms with Gasteiger partial charge in [-0.2, -0.15) is 0 Å². The van der Waals surface area contributed by atoms with E-state index in [1.807, 2.05) is 0 Å². The van der Waals surface area contributed by atoms with Gasteiger partial charge in [0.15, 0.2) is 4.90 Å². The molecule has 0 bridgehead atoms. The van der Waals surface area contributed by atoms with Crippen LogP contribution in [-0.2, 0) is 16.4 Å². The van der Waals surface area contributed by atoms with E-state index < -0.39 is 25.5 Å². The van der Waals surface area contributed by atoms with Crippen molar-refractivity contribution in [1.82, 2.24) is 4.98 Å². The fourth-order valence-corrected chi connectivity index (χ4v) is 4.57. The molecule has 1 amide bonds. The summed E-state index contributed by atoms with van der Waals surface area (Å²) in [5.74, 6) is -0.236. The average Bonchev–Trinajstić information content (AvgIpc) is 3.16. The van der Waals surface area contributed by atoms with E-state index in [1.165, 1.54) is 24.4 Å². The summed E-state index contributed by atoms with van der Waals surface area (Å²) in [6, 6.07) is 13.3. The molecule has 0 saturated heterocycles. The zero-order chi connectivity index (χ0) is 21.3. The van der Waals surface area contributed by atoms with E-state index in [9.17, 15) is 23.3 Å². The number of nitro groups is 1. The number of rotatable bonds is 5. The van der Waals surface area contributed by atoms with Gasteiger partial charge in [-0.1, -0.05) is 18.2 Å². The molecule has 152 valence electrons. The van der Waals surface area contributed by atoms with E-state index in [1.54, 1.807) is 41.4 Å². The number of nitrogens with one attached hydrogen (secondary N) is 1. The van der Waals surface area contributed by atoms with Crippen molar-refractivity contribution in [1.29, 1.82) is 0 Å². The second kappa shape index (κ2) is 7.56. The van der Waals surface area contributed by atoms with Gasteiger partial charge < -0.3 is 4.90 Å². The van der Waals surface area contributed by atoms with Gasteiger partial charge in [0.1, 0.15) is 0 Å². The molecule has 0 fully saturated rings. The first-order chi connectivity index (χ1) is 14.4. The summed E-state index contributed by atoms with van der Waals surface area (Å²) >= 11 is 0. The van der Waals surface area contributed by atoms with E-state index in [4.69, 9.17) is 0 Å². The number of nitrogens with zero attached hydrogens (tertiary/aromatic N) is 3. The molecule has 0 saturated carbocycles. The number of para-hydroxylation sites is 1. The van der Waals surface area contributed by atoms with Crippen LogP contribution in [0.5, 0.6) is 0 Å². The molecule has 30 heavy (non-hydrogen) atoms. The van der Waals surface area contributed by atoms with Gasteiger partial charge in [0, 0.05) is 30.7 Å². The Morgan fingerprint density at radius 3 is 2.67 bits per heavy atom. The third-order valence-corrected chi connectivity index (χ3v) is 6.17. The first-order valence-electron chi connectivity index (χ1n) is 8.98. The number of nitro benzene ring substituents is 1. The summed E-state index contributed by atoms with van der Waals surface area (Å²) in [6.07, 6.45) is 3.68. The molecule has 1 aliphatic rings. The van der Waals surface area contributed by atoms with Crippen LogP contribution >= 0.6 is 0 Å². The zero-order valence-electron chi connectivity index (χ0n) is 15.6. The van der Waals surface area contributed by atoms with E-state index in [0.717, 1.165) is 11.6 Å². The molecular weight excluding hydrogens is 408 g/mol. The number of pyridine rings is 1. The fourth-order valence-electron chi connectivity index (χ4n) is 3.34. The smallest absolute Gasteiger partial charge is 0.289 e. The number of hydrogen-bond donors (Lipinski definition) is 1. The Kier molecular flexibility index (Phi) is 4.92. The number of fused-ring (bicyclic) bond motifs is 1. The normalized spacial score (nSPS) is 13.0. The number of carbonyl (C=O) groups excluding carboxylic acids is 1. The van der Waals surface area contributed by atoms with Crippen LogP contribution in [0.15, 0.2) is 71.9 Å². The molecule has 0 spiro atoms. The number of anilines is 2. The summed E-state index contributed by atoms with van der Waals surface area (Å²) in [5, 5.41) is 11.2. The van der Waals surface area contributed by atoms with Gasteiger partial charge in [0.2, 0.25) is 0 Å². The van der Waals surface area contributed by atoms with Crippen LogP contribution in [0, 0.1) is 10.1 Å². The summed E-state index contributed by atoms with van der Waals surface area (Å²) < 4.78 is 27.9. The highest BCUT2D eigenvalue weighted by atomic mass is 32.2. The van der Waals surface area contributed by atoms with Crippen molar-refractivity contribution in [2.75, 3.05) is 16.2 Å². The van der Waals surface area contributed by atoms with Gasteiger partial charge in [0.25, 0.3) is 21.6 Å². The molecule has 4 rings (SSSR count). The topological polar surface area (TPSA) is 123 Å². The van der Waals surface area contributed by atoms with Crippen molar-refractivity contribution < 1.29 is 18.1 Å². The average molecular weight is 424 g/mol. The number of carbonyl (C=O) groups is 1. The Balaban J connectivity index is 1.65. The van der Waals surface area contributed by atoms with Crippen LogP contribution in [0.4, 0.5) is 17.1 Å². The Morgan fingerprint density at radius 2 is 1.93 bits per heavy atom. The number of sulfonamides is 1. The third-order valence-electron chi connectivity index (χ3n) is 4.74. The maximum Gasteiger partial charge on any atom is 0.289 e. The third kappa shape index (κ3) is 3.60. The summed E-state index contributed by atoms with van der Waals surface area (Å²) in [5.41, 5.74) is 1.61. The summed E-state index contributed by atoms with van der Waals surface area (Å²) in [7, 11) is -4.20. The fraction of sp³-hybridized carbons (Fsp3) is 0.100. The van der Waals surface area contributed by atoms with Crippen LogP contribution in [0.25, 0.3) is 0 Å². The Morgan fingerprint density at radius 1 is 1.13 bits per heavy atom. The Labute approximate surface area is 172 Å². The summed E-state index contributed by atoms with van der Waals surface area (Å²) in [4.78, 5) is 28.4. The molecule has 10 heteroatoms. The van der Waals surface area contributed by atoms with Crippen LogP contribution in [0.3, 0.4) is 0 Å². The van der Waals surface area contributed by atoms with Crippen molar-refractivity contribution in [3.05, 3.63) is 88.2 Å². The van der Waals surface area contributed by atoms with Crippen LogP contribution < -0.4 is 9.62 Å². The Hall–Kier alpha value is -3.79. The lowest BCUT2D eigenvalue weighted by Gasteiger charge is -2.18.